The van der Waals surface area contributed by atoms with Crippen LogP contribution in [0.5, 0.6) is 0 Å². The Morgan fingerprint density at radius 1 is 1.29 bits per heavy atom. The van der Waals surface area contributed by atoms with Gasteiger partial charge in [-0.1, -0.05) is 31.2 Å². The molecule has 0 amide bonds. The quantitative estimate of drug-likeness (QED) is 0.752. The van der Waals surface area contributed by atoms with Crippen LogP contribution in [-0.2, 0) is 6.42 Å². The lowest BCUT2D eigenvalue weighted by Gasteiger charge is -2.18. The molecule has 1 aromatic carbocycles. The molecule has 0 saturated heterocycles. The van der Waals surface area contributed by atoms with Crippen molar-refractivity contribution >= 4 is 11.6 Å². The first kappa shape index (κ1) is 11.5. The smallest absolute Gasteiger partial charge is 0.106 e. The Kier molecular flexibility index (Phi) is 4.39. The van der Waals surface area contributed by atoms with Gasteiger partial charge >= 0.3 is 0 Å². The van der Waals surface area contributed by atoms with Crippen LogP contribution in [0, 0.1) is 0 Å². The normalized spacial score (nSPS) is 15.1. The van der Waals surface area contributed by atoms with E-state index in [2.05, 4.69) is 0 Å². The molecule has 0 aliphatic heterocycles. The van der Waals surface area contributed by atoms with Crippen molar-refractivity contribution in [2.24, 2.45) is 0 Å². The maximum Gasteiger partial charge on any atom is 0.106 e. The number of halogens is 1. The van der Waals surface area contributed by atoms with Gasteiger partial charge in [-0.25, -0.2) is 0 Å². The molecule has 0 aliphatic carbocycles. The lowest BCUT2D eigenvalue weighted by Crippen LogP contribution is -2.20. The third kappa shape index (κ3) is 2.47. The summed E-state index contributed by atoms with van der Waals surface area (Å²) in [6, 6.07) is 7.53. The molecule has 3 heteroatoms. The van der Waals surface area contributed by atoms with E-state index in [1.807, 2.05) is 31.2 Å². The zero-order chi connectivity index (χ0) is 10.6. The third-order valence-electron chi connectivity index (χ3n) is 2.28. The average molecular weight is 215 g/mol. The van der Waals surface area contributed by atoms with Crippen LogP contribution in [0.1, 0.15) is 24.2 Å². The molecule has 14 heavy (non-hydrogen) atoms. The summed E-state index contributed by atoms with van der Waals surface area (Å²) in [7, 11) is 0. The Morgan fingerprint density at radius 2 is 1.93 bits per heavy atom. The van der Waals surface area contributed by atoms with E-state index in [0.717, 1.165) is 17.5 Å². The van der Waals surface area contributed by atoms with E-state index >= 15 is 0 Å². The van der Waals surface area contributed by atoms with Gasteiger partial charge in [-0.05, 0) is 17.5 Å². The lowest BCUT2D eigenvalue weighted by atomic mass is 9.98. The number of aliphatic hydroxyl groups excluding tert-OH is 2. The van der Waals surface area contributed by atoms with Gasteiger partial charge < -0.3 is 10.2 Å². The van der Waals surface area contributed by atoms with Gasteiger partial charge in [0.15, 0.2) is 0 Å². The highest BCUT2D eigenvalue weighted by atomic mass is 35.5. The van der Waals surface area contributed by atoms with Crippen LogP contribution >= 0.6 is 11.6 Å². The molecule has 0 radical (unpaired) electrons. The number of alkyl halides is 1. The van der Waals surface area contributed by atoms with Gasteiger partial charge in [-0.15, -0.1) is 11.6 Å². The molecule has 0 fully saturated rings. The molecule has 78 valence electrons. The largest absolute Gasteiger partial charge is 0.389 e. The van der Waals surface area contributed by atoms with Crippen LogP contribution in [0.4, 0.5) is 0 Å². The van der Waals surface area contributed by atoms with E-state index in [9.17, 15) is 10.2 Å². The van der Waals surface area contributed by atoms with Crippen molar-refractivity contribution in [3.8, 4) is 0 Å². The van der Waals surface area contributed by atoms with Crippen molar-refractivity contribution in [2.75, 3.05) is 5.88 Å². The van der Waals surface area contributed by atoms with Crippen LogP contribution in [0.15, 0.2) is 24.3 Å². The van der Waals surface area contributed by atoms with Crippen LogP contribution in [0.2, 0.25) is 0 Å². The van der Waals surface area contributed by atoms with Gasteiger partial charge in [0.25, 0.3) is 0 Å². The van der Waals surface area contributed by atoms with E-state index in [-0.39, 0.29) is 5.88 Å². The molecule has 1 rings (SSSR count). The van der Waals surface area contributed by atoms with Crippen LogP contribution in [0.3, 0.4) is 0 Å². The molecule has 2 N–H and O–H groups in total. The summed E-state index contributed by atoms with van der Waals surface area (Å²) in [5, 5.41) is 19.2. The average Bonchev–Trinajstić information content (AvgIpc) is 2.26. The molecular weight excluding hydrogens is 200 g/mol. The summed E-state index contributed by atoms with van der Waals surface area (Å²) in [6.07, 6.45) is -0.949. The van der Waals surface area contributed by atoms with Crippen molar-refractivity contribution in [3.63, 3.8) is 0 Å². The number of aliphatic hydroxyl groups is 2. The summed E-state index contributed by atoms with van der Waals surface area (Å²) < 4.78 is 0. The summed E-state index contributed by atoms with van der Waals surface area (Å²) in [5.41, 5.74) is 1.81. The fourth-order valence-electron chi connectivity index (χ4n) is 1.44. The maximum absolute atomic E-state index is 9.77. The minimum absolute atomic E-state index is 0.0409. The van der Waals surface area contributed by atoms with Crippen LogP contribution in [0.25, 0.3) is 0 Å². The summed E-state index contributed by atoms with van der Waals surface area (Å²) >= 11 is 5.48. The minimum Gasteiger partial charge on any atom is -0.389 e. The third-order valence-corrected chi connectivity index (χ3v) is 2.59. The molecule has 0 bridgehead atoms. The first-order valence-electron chi connectivity index (χ1n) is 4.70. The van der Waals surface area contributed by atoms with Gasteiger partial charge in [0.2, 0.25) is 0 Å². The fourth-order valence-corrected chi connectivity index (χ4v) is 1.61. The molecular formula is C11H15ClO2. The zero-order valence-electron chi connectivity index (χ0n) is 8.15. The molecule has 0 saturated carbocycles. The predicted molar refractivity (Wildman–Crippen MR) is 57.5 cm³/mol. The molecule has 0 spiro atoms. The van der Waals surface area contributed by atoms with Crippen molar-refractivity contribution in [1.82, 2.24) is 0 Å². The van der Waals surface area contributed by atoms with Crippen LogP contribution < -0.4 is 0 Å². The lowest BCUT2D eigenvalue weighted by molar-refractivity contribution is 0.0322. The highest BCUT2D eigenvalue weighted by Gasteiger charge is 2.18. The van der Waals surface area contributed by atoms with Gasteiger partial charge in [0.05, 0.1) is 12.0 Å². The van der Waals surface area contributed by atoms with Crippen molar-refractivity contribution < 1.29 is 10.2 Å². The maximum atomic E-state index is 9.77. The molecule has 0 heterocycles. The topological polar surface area (TPSA) is 40.5 Å². The second kappa shape index (κ2) is 5.35. The van der Waals surface area contributed by atoms with Gasteiger partial charge in [-0.2, -0.15) is 0 Å². The van der Waals surface area contributed by atoms with Crippen molar-refractivity contribution in [2.45, 2.75) is 25.6 Å². The van der Waals surface area contributed by atoms with Gasteiger partial charge in [0.1, 0.15) is 6.10 Å². The predicted octanol–water partition coefficient (Wildman–Crippen LogP) is 1.88. The number of hydrogen-bond donors (Lipinski definition) is 2. The molecule has 0 aliphatic rings. The fraction of sp³-hybridized carbons (Fsp3) is 0.455. The van der Waals surface area contributed by atoms with Gasteiger partial charge in [0, 0.05) is 0 Å². The number of hydrogen-bond acceptors (Lipinski definition) is 2. The summed E-state index contributed by atoms with van der Waals surface area (Å²) in [4.78, 5) is 0. The summed E-state index contributed by atoms with van der Waals surface area (Å²) in [5.74, 6) is 0.0409. The molecule has 2 nitrogen and oxygen atoms in total. The van der Waals surface area contributed by atoms with E-state index in [1.54, 1.807) is 0 Å². The molecule has 2 unspecified atom stereocenters. The Morgan fingerprint density at radius 3 is 2.50 bits per heavy atom. The number of benzene rings is 1. The van der Waals surface area contributed by atoms with E-state index in [0.29, 0.717) is 0 Å². The van der Waals surface area contributed by atoms with Gasteiger partial charge in [-0.3, -0.25) is 0 Å². The molecule has 1 aromatic rings. The Hall–Kier alpha value is -0.570. The summed E-state index contributed by atoms with van der Waals surface area (Å²) in [6.45, 7) is 2.01. The molecule has 0 aromatic heterocycles. The second-order valence-corrected chi connectivity index (χ2v) is 3.53. The highest BCUT2D eigenvalue weighted by Crippen LogP contribution is 2.22. The van der Waals surface area contributed by atoms with E-state index < -0.39 is 12.2 Å². The van der Waals surface area contributed by atoms with E-state index in [4.69, 9.17) is 11.6 Å². The Labute approximate surface area is 89.1 Å². The Balaban J connectivity index is 2.93. The van der Waals surface area contributed by atoms with E-state index in [1.165, 1.54) is 0 Å². The van der Waals surface area contributed by atoms with Crippen molar-refractivity contribution in [1.29, 1.82) is 0 Å². The van der Waals surface area contributed by atoms with Crippen LogP contribution in [-0.4, -0.2) is 22.2 Å². The molecule has 2 atom stereocenters. The first-order chi connectivity index (χ1) is 6.70. The minimum atomic E-state index is -0.899. The SMILES string of the molecule is CCc1ccccc1C(O)C(O)CCl. The monoisotopic (exact) mass is 214 g/mol. The Bertz CT molecular complexity index is 288. The highest BCUT2D eigenvalue weighted by molar-refractivity contribution is 6.18. The number of aryl methyl sites for hydroxylation is 1. The first-order valence-corrected chi connectivity index (χ1v) is 5.24. The number of rotatable bonds is 4. The zero-order valence-corrected chi connectivity index (χ0v) is 8.91. The second-order valence-electron chi connectivity index (χ2n) is 3.22. The standard InChI is InChI=1S/C11H15ClO2/c1-2-8-5-3-4-6-9(8)11(14)10(13)7-12/h3-6,10-11,13-14H,2,7H2,1H3. The van der Waals surface area contributed by atoms with Crippen molar-refractivity contribution in [3.05, 3.63) is 35.4 Å².